The summed E-state index contributed by atoms with van der Waals surface area (Å²) < 4.78 is 1.05. The molecule has 1 aliphatic rings. The summed E-state index contributed by atoms with van der Waals surface area (Å²) in [5.41, 5.74) is 2.89. The van der Waals surface area contributed by atoms with E-state index in [0.29, 0.717) is 5.70 Å². The van der Waals surface area contributed by atoms with Crippen molar-refractivity contribution < 1.29 is 0 Å². The number of thioether (sulfide) groups is 2. The molecule has 0 amide bonds. The summed E-state index contributed by atoms with van der Waals surface area (Å²) >= 11 is 3.38. The van der Waals surface area contributed by atoms with Crippen LogP contribution in [0.2, 0.25) is 0 Å². The lowest BCUT2D eigenvalue weighted by molar-refractivity contribution is 0.802. The van der Waals surface area contributed by atoms with Crippen molar-refractivity contribution in [1.82, 2.24) is 0 Å². The molecule has 17 heavy (non-hydrogen) atoms. The van der Waals surface area contributed by atoms with Crippen molar-refractivity contribution in [2.75, 3.05) is 12.0 Å². The number of aryl methyl sites for hydroxylation is 1. The summed E-state index contributed by atoms with van der Waals surface area (Å²) in [5, 5.41) is 3.27. The topological polar surface area (TPSA) is 29.4 Å². The van der Waals surface area contributed by atoms with Crippen molar-refractivity contribution in [3.63, 3.8) is 0 Å². The third kappa shape index (κ3) is 2.93. The number of rotatable bonds is 2. The summed E-state index contributed by atoms with van der Waals surface area (Å²) in [6.07, 6.45) is 5.42. The largest absolute Gasteiger partial charge is 0.145 e. The Morgan fingerprint density at radius 1 is 1.29 bits per heavy atom. The van der Waals surface area contributed by atoms with Crippen LogP contribution in [0, 0.1) is 4.91 Å². The fourth-order valence-corrected chi connectivity index (χ4v) is 3.85. The Kier molecular flexibility index (Phi) is 4.68. The molecule has 0 bridgehead atoms. The van der Waals surface area contributed by atoms with E-state index < -0.39 is 0 Å². The van der Waals surface area contributed by atoms with Crippen LogP contribution in [0.4, 0.5) is 0 Å². The maximum Gasteiger partial charge on any atom is 0.135 e. The quantitative estimate of drug-likeness (QED) is 0.737. The lowest BCUT2D eigenvalue weighted by Gasteiger charge is -2.09. The second-order valence-electron chi connectivity index (χ2n) is 3.89. The molecular formula is C13H15NOS2. The van der Waals surface area contributed by atoms with Crippen LogP contribution in [0.15, 0.2) is 33.7 Å². The van der Waals surface area contributed by atoms with E-state index in [9.17, 15) is 4.91 Å². The smallest absolute Gasteiger partial charge is 0.135 e. The predicted octanol–water partition coefficient (Wildman–Crippen LogP) is 4.51. The number of hydrogen-bond donors (Lipinski definition) is 0. The van der Waals surface area contributed by atoms with Crippen LogP contribution in [0.1, 0.15) is 24.0 Å². The van der Waals surface area contributed by atoms with E-state index in [1.165, 1.54) is 18.4 Å². The number of hydrogen-bond acceptors (Lipinski definition) is 4. The molecule has 0 saturated carbocycles. The summed E-state index contributed by atoms with van der Waals surface area (Å²) in [6, 6.07) is 8.12. The molecule has 0 saturated heterocycles. The van der Waals surface area contributed by atoms with E-state index >= 15 is 0 Å². The molecule has 0 atom stereocenters. The second-order valence-corrected chi connectivity index (χ2v) is 6.07. The maximum absolute atomic E-state index is 11.1. The van der Waals surface area contributed by atoms with Crippen LogP contribution < -0.4 is 0 Å². The molecule has 0 radical (unpaired) electrons. The summed E-state index contributed by atoms with van der Waals surface area (Å²) in [7, 11) is 0. The Bertz CT molecular complexity index is 443. The van der Waals surface area contributed by atoms with E-state index in [0.717, 1.165) is 22.0 Å². The van der Waals surface area contributed by atoms with Gasteiger partial charge in [0.1, 0.15) is 5.70 Å². The van der Waals surface area contributed by atoms with E-state index in [-0.39, 0.29) is 0 Å². The van der Waals surface area contributed by atoms with Crippen LogP contribution in [0.5, 0.6) is 0 Å². The van der Waals surface area contributed by atoms with Gasteiger partial charge in [0.05, 0.1) is 4.24 Å². The Morgan fingerprint density at radius 3 is 2.88 bits per heavy atom. The van der Waals surface area contributed by atoms with Gasteiger partial charge in [-0.15, -0.1) is 28.4 Å². The first-order chi connectivity index (χ1) is 8.36. The van der Waals surface area contributed by atoms with Crippen LogP contribution in [-0.2, 0) is 6.42 Å². The fraction of sp³-hybridized carbons (Fsp3) is 0.385. The van der Waals surface area contributed by atoms with Gasteiger partial charge in [0, 0.05) is 5.56 Å². The van der Waals surface area contributed by atoms with E-state index in [2.05, 4.69) is 11.2 Å². The molecule has 0 unspecified atom stereocenters. The minimum absolute atomic E-state index is 0.625. The minimum atomic E-state index is 0.625. The Balaban J connectivity index is 2.54. The zero-order valence-electron chi connectivity index (χ0n) is 9.81. The fourth-order valence-electron chi connectivity index (χ4n) is 1.97. The normalized spacial score (nSPS) is 21.0. The third-order valence-electron chi connectivity index (χ3n) is 2.82. The van der Waals surface area contributed by atoms with Crippen LogP contribution in [-0.4, -0.2) is 12.0 Å². The summed E-state index contributed by atoms with van der Waals surface area (Å²) in [5.74, 6) is 1.07. The highest BCUT2D eigenvalue weighted by molar-refractivity contribution is 8.22. The van der Waals surface area contributed by atoms with Crippen LogP contribution in [0.25, 0.3) is 5.70 Å². The van der Waals surface area contributed by atoms with Crippen LogP contribution >= 0.6 is 23.5 Å². The molecular weight excluding hydrogens is 250 g/mol. The number of nitrogens with zero attached hydrogens (tertiary/aromatic N) is 1. The van der Waals surface area contributed by atoms with Gasteiger partial charge in [-0.1, -0.05) is 24.3 Å². The third-order valence-corrected chi connectivity index (χ3v) is 5.18. The molecule has 2 nitrogen and oxygen atoms in total. The average Bonchev–Trinajstić information content (AvgIpc) is 2.46. The monoisotopic (exact) mass is 265 g/mol. The zero-order valence-corrected chi connectivity index (χ0v) is 11.4. The molecule has 1 aromatic carbocycles. The van der Waals surface area contributed by atoms with Gasteiger partial charge in [-0.05, 0) is 42.0 Å². The van der Waals surface area contributed by atoms with Gasteiger partial charge in [-0.3, -0.25) is 0 Å². The molecule has 2 rings (SSSR count). The first-order valence-electron chi connectivity index (χ1n) is 5.69. The number of fused-ring (bicyclic) bond motifs is 1. The Morgan fingerprint density at radius 2 is 2.12 bits per heavy atom. The van der Waals surface area contributed by atoms with E-state index in [1.54, 1.807) is 23.5 Å². The first-order valence-corrected chi connectivity index (χ1v) is 7.90. The predicted molar refractivity (Wildman–Crippen MR) is 78.1 cm³/mol. The summed E-state index contributed by atoms with van der Waals surface area (Å²) in [6.45, 7) is 0. The number of nitroso groups, excluding NO2 is 1. The van der Waals surface area contributed by atoms with Crippen LogP contribution in [0.3, 0.4) is 0 Å². The molecule has 1 heterocycles. The van der Waals surface area contributed by atoms with E-state index in [1.807, 2.05) is 24.5 Å². The molecule has 0 fully saturated rings. The molecule has 90 valence electrons. The van der Waals surface area contributed by atoms with Gasteiger partial charge >= 0.3 is 0 Å². The van der Waals surface area contributed by atoms with Gasteiger partial charge in [0.15, 0.2) is 0 Å². The van der Waals surface area contributed by atoms with Gasteiger partial charge in [-0.25, -0.2) is 0 Å². The molecule has 0 N–H and O–H groups in total. The molecule has 4 heteroatoms. The maximum atomic E-state index is 11.1. The summed E-state index contributed by atoms with van der Waals surface area (Å²) in [4.78, 5) is 11.1. The van der Waals surface area contributed by atoms with Crippen molar-refractivity contribution in [1.29, 1.82) is 0 Å². The average molecular weight is 265 g/mol. The van der Waals surface area contributed by atoms with Gasteiger partial charge < -0.3 is 0 Å². The van der Waals surface area contributed by atoms with Gasteiger partial charge in [-0.2, -0.15) is 0 Å². The Hall–Kier alpha value is -0.740. The van der Waals surface area contributed by atoms with Crippen molar-refractivity contribution in [2.24, 2.45) is 5.18 Å². The highest BCUT2D eigenvalue weighted by Gasteiger charge is 2.15. The SMILES string of the molecule is CS/C1=C(\N=O)c2ccccc2CCCCS1. The standard InChI is InChI=1S/C13H15NOS2/c1-16-13-12(14-15)11-8-3-2-6-10(11)7-4-5-9-17-13/h2-3,6,8H,4-5,7,9H2,1H3/b13-12+. The molecule has 0 spiro atoms. The molecule has 1 aromatic rings. The lowest BCUT2D eigenvalue weighted by atomic mass is 10.0. The van der Waals surface area contributed by atoms with Crippen molar-refractivity contribution in [3.8, 4) is 0 Å². The molecule has 0 aliphatic carbocycles. The van der Waals surface area contributed by atoms with Gasteiger partial charge in [0.2, 0.25) is 0 Å². The first kappa shape index (κ1) is 12.7. The highest BCUT2D eigenvalue weighted by atomic mass is 32.2. The lowest BCUT2D eigenvalue weighted by Crippen LogP contribution is -1.92. The van der Waals surface area contributed by atoms with Crippen molar-refractivity contribution >= 4 is 29.2 Å². The highest BCUT2D eigenvalue weighted by Crippen LogP contribution is 2.38. The molecule has 1 aliphatic heterocycles. The van der Waals surface area contributed by atoms with E-state index in [4.69, 9.17) is 0 Å². The van der Waals surface area contributed by atoms with Crippen molar-refractivity contribution in [3.05, 3.63) is 44.5 Å². The molecule has 0 aromatic heterocycles. The Labute approximate surface area is 110 Å². The zero-order chi connectivity index (χ0) is 12.1. The van der Waals surface area contributed by atoms with Gasteiger partial charge in [0.25, 0.3) is 0 Å². The van der Waals surface area contributed by atoms with Crippen molar-refractivity contribution in [2.45, 2.75) is 19.3 Å². The minimum Gasteiger partial charge on any atom is -0.145 e. The number of benzene rings is 1. The second kappa shape index (κ2) is 6.26.